The van der Waals surface area contributed by atoms with E-state index in [2.05, 4.69) is 37.3 Å². The zero-order chi connectivity index (χ0) is 18.2. The minimum atomic E-state index is 0.198. The predicted molar refractivity (Wildman–Crippen MR) is 103 cm³/mol. The number of H-pyrrole nitrogens is 1. The first-order chi connectivity index (χ1) is 12.8. The lowest BCUT2D eigenvalue weighted by molar-refractivity contribution is 0.469. The van der Waals surface area contributed by atoms with Gasteiger partial charge in [-0.15, -0.1) is 11.7 Å². The standard InChI is InChI=1S/C18H18N6OS/c1-2-4-14-5-3-6-15(16(14)25)11-20-22-17-21-18(24-23-17)26-12-13-7-9-19-10-8-13/h2-3,5-11,25H,1,4,12H2,(H2,21,22,23,24)/b20-11+. The number of aromatic hydroxyl groups is 1. The molecular formula is C18H18N6OS. The third-order valence-electron chi connectivity index (χ3n) is 3.47. The number of nitrogens with one attached hydrogen (secondary N) is 2. The average Bonchev–Trinajstić information content (AvgIpc) is 3.12. The van der Waals surface area contributed by atoms with Crippen LogP contribution in [0.4, 0.5) is 5.95 Å². The maximum atomic E-state index is 10.2. The van der Waals surface area contributed by atoms with Crippen molar-refractivity contribution < 1.29 is 5.11 Å². The van der Waals surface area contributed by atoms with Gasteiger partial charge in [0.2, 0.25) is 11.1 Å². The van der Waals surface area contributed by atoms with Gasteiger partial charge in [0.05, 0.1) is 6.21 Å². The highest BCUT2D eigenvalue weighted by molar-refractivity contribution is 7.98. The third-order valence-corrected chi connectivity index (χ3v) is 4.39. The molecule has 0 aliphatic rings. The van der Waals surface area contributed by atoms with Crippen molar-refractivity contribution in [1.29, 1.82) is 0 Å². The van der Waals surface area contributed by atoms with Crippen LogP contribution in [0, 0.1) is 0 Å². The number of phenols is 1. The number of pyridine rings is 1. The van der Waals surface area contributed by atoms with Gasteiger partial charge >= 0.3 is 0 Å². The molecule has 8 heteroatoms. The number of benzene rings is 1. The van der Waals surface area contributed by atoms with E-state index in [0.29, 0.717) is 23.1 Å². The molecule has 26 heavy (non-hydrogen) atoms. The second-order valence-electron chi connectivity index (χ2n) is 5.33. The summed E-state index contributed by atoms with van der Waals surface area (Å²) in [4.78, 5) is 8.30. The van der Waals surface area contributed by atoms with Crippen LogP contribution in [-0.2, 0) is 12.2 Å². The van der Waals surface area contributed by atoms with Crippen LogP contribution in [0.25, 0.3) is 0 Å². The molecule has 0 amide bonds. The lowest BCUT2D eigenvalue weighted by atomic mass is 10.1. The van der Waals surface area contributed by atoms with Crippen LogP contribution in [0.15, 0.2) is 65.6 Å². The van der Waals surface area contributed by atoms with Crippen LogP contribution in [0.2, 0.25) is 0 Å². The number of aromatic nitrogens is 4. The molecule has 0 radical (unpaired) electrons. The number of aromatic amines is 1. The van der Waals surface area contributed by atoms with E-state index in [9.17, 15) is 5.11 Å². The van der Waals surface area contributed by atoms with Crippen LogP contribution in [0.1, 0.15) is 16.7 Å². The second kappa shape index (κ2) is 8.82. The van der Waals surface area contributed by atoms with Crippen molar-refractivity contribution in [3.63, 3.8) is 0 Å². The molecule has 2 heterocycles. The van der Waals surface area contributed by atoms with Gasteiger partial charge in [0, 0.05) is 23.7 Å². The highest BCUT2D eigenvalue weighted by Gasteiger charge is 2.05. The minimum absolute atomic E-state index is 0.198. The molecule has 0 unspecified atom stereocenters. The predicted octanol–water partition coefficient (Wildman–Crippen LogP) is 3.37. The Kier molecular flexibility index (Phi) is 6.00. The molecule has 0 saturated heterocycles. The van der Waals surface area contributed by atoms with Gasteiger partial charge in [-0.05, 0) is 35.7 Å². The molecule has 132 valence electrons. The van der Waals surface area contributed by atoms with Gasteiger partial charge in [0.25, 0.3) is 0 Å². The van der Waals surface area contributed by atoms with Gasteiger partial charge < -0.3 is 5.11 Å². The summed E-state index contributed by atoms with van der Waals surface area (Å²) in [5.41, 5.74) is 5.34. The zero-order valence-electron chi connectivity index (χ0n) is 14.0. The van der Waals surface area contributed by atoms with E-state index in [0.717, 1.165) is 16.9 Å². The summed E-state index contributed by atoms with van der Waals surface area (Å²) in [7, 11) is 0. The first-order valence-corrected chi connectivity index (χ1v) is 8.89. The number of para-hydroxylation sites is 1. The molecule has 1 aromatic carbocycles. The fraction of sp³-hybridized carbons (Fsp3) is 0.111. The Morgan fingerprint density at radius 3 is 2.92 bits per heavy atom. The molecule has 0 aliphatic heterocycles. The summed E-state index contributed by atoms with van der Waals surface area (Å²) < 4.78 is 0. The van der Waals surface area contributed by atoms with Crippen molar-refractivity contribution in [3.05, 3.63) is 72.1 Å². The Hall–Kier alpha value is -3.13. The monoisotopic (exact) mass is 366 g/mol. The number of rotatable bonds is 8. The average molecular weight is 366 g/mol. The second-order valence-corrected chi connectivity index (χ2v) is 6.27. The fourth-order valence-corrected chi connectivity index (χ4v) is 2.94. The van der Waals surface area contributed by atoms with E-state index >= 15 is 0 Å². The van der Waals surface area contributed by atoms with Crippen molar-refractivity contribution in [2.75, 3.05) is 5.43 Å². The van der Waals surface area contributed by atoms with Crippen molar-refractivity contribution in [3.8, 4) is 5.75 Å². The maximum Gasteiger partial charge on any atom is 0.240 e. The van der Waals surface area contributed by atoms with Gasteiger partial charge in [0.1, 0.15) is 5.75 Å². The summed E-state index contributed by atoms with van der Waals surface area (Å²) in [5, 5.41) is 21.8. The van der Waals surface area contributed by atoms with Gasteiger partial charge in [-0.3, -0.25) is 4.98 Å². The Morgan fingerprint density at radius 1 is 1.27 bits per heavy atom. The smallest absolute Gasteiger partial charge is 0.240 e. The molecular weight excluding hydrogens is 348 g/mol. The van der Waals surface area contributed by atoms with Crippen LogP contribution < -0.4 is 5.43 Å². The van der Waals surface area contributed by atoms with Crippen LogP contribution >= 0.6 is 11.8 Å². The topological polar surface area (TPSA) is 99.1 Å². The van der Waals surface area contributed by atoms with Crippen LogP contribution in [-0.4, -0.2) is 31.5 Å². The highest BCUT2D eigenvalue weighted by atomic mass is 32.2. The Balaban J connectivity index is 1.57. The normalized spacial score (nSPS) is 10.9. The third kappa shape index (κ3) is 4.70. The van der Waals surface area contributed by atoms with Gasteiger partial charge in [-0.2, -0.15) is 10.1 Å². The molecule has 2 aromatic heterocycles. The number of thioether (sulfide) groups is 1. The molecule has 0 spiro atoms. The molecule has 0 fully saturated rings. The molecule has 7 nitrogen and oxygen atoms in total. The Morgan fingerprint density at radius 2 is 2.12 bits per heavy atom. The molecule has 3 N–H and O–H groups in total. The number of anilines is 1. The van der Waals surface area contributed by atoms with Crippen LogP contribution in [0.3, 0.4) is 0 Å². The summed E-state index contributed by atoms with van der Waals surface area (Å²) in [5.74, 6) is 1.39. The summed E-state index contributed by atoms with van der Waals surface area (Å²) in [6.45, 7) is 3.68. The molecule has 3 rings (SSSR count). The zero-order valence-corrected chi connectivity index (χ0v) is 14.8. The highest BCUT2D eigenvalue weighted by Crippen LogP contribution is 2.22. The van der Waals surface area contributed by atoms with Crippen LogP contribution in [0.5, 0.6) is 5.75 Å². The molecule has 0 atom stereocenters. The first-order valence-electron chi connectivity index (χ1n) is 7.91. The molecule has 3 aromatic rings. The number of hydrogen-bond acceptors (Lipinski definition) is 7. The molecule has 0 saturated carbocycles. The van der Waals surface area contributed by atoms with Gasteiger partial charge in [0.15, 0.2) is 0 Å². The lowest BCUT2D eigenvalue weighted by Gasteiger charge is -2.04. The quantitative estimate of drug-likeness (QED) is 0.245. The number of hydrazone groups is 1. The van der Waals surface area contributed by atoms with E-state index in [4.69, 9.17) is 0 Å². The van der Waals surface area contributed by atoms with Crippen molar-refractivity contribution in [2.45, 2.75) is 17.3 Å². The lowest BCUT2D eigenvalue weighted by Crippen LogP contribution is -1.94. The Bertz CT molecular complexity index is 894. The number of nitrogens with zero attached hydrogens (tertiary/aromatic N) is 4. The van der Waals surface area contributed by atoms with Crippen molar-refractivity contribution in [2.24, 2.45) is 5.10 Å². The van der Waals surface area contributed by atoms with Crippen molar-refractivity contribution in [1.82, 2.24) is 20.2 Å². The number of phenolic OH excluding ortho intramolecular Hbond substituents is 1. The first kappa shape index (κ1) is 17.7. The fourth-order valence-electron chi connectivity index (χ4n) is 2.19. The van der Waals surface area contributed by atoms with Gasteiger partial charge in [-0.25, -0.2) is 10.5 Å². The summed E-state index contributed by atoms with van der Waals surface area (Å²) in [6.07, 6.45) is 7.40. The summed E-state index contributed by atoms with van der Waals surface area (Å²) >= 11 is 1.51. The van der Waals surface area contributed by atoms with E-state index in [-0.39, 0.29) is 5.75 Å². The largest absolute Gasteiger partial charge is 0.507 e. The molecule has 0 bridgehead atoms. The van der Waals surface area contributed by atoms with E-state index in [1.807, 2.05) is 24.3 Å². The summed E-state index contributed by atoms with van der Waals surface area (Å²) in [6, 6.07) is 9.41. The maximum absolute atomic E-state index is 10.2. The minimum Gasteiger partial charge on any atom is -0.507 e. The van der Waals surface area contributed by atoms with Gasteiger partial charge in [-0.1, -0.05) is 30.0 Å². The van der Waals surface area contributed by atoms with E-state index in [1.165, 1.54) is 18.0 Å². The number of allylic oxidation sites excluding steroid dienone is 1. The molecule has 0 aliphatic carbocycles. The van der Waals surface area contributed by atoms with Crippen molar-refractivity contribution >= 4 is 23.9 Å². The Labute approximate surface area is 155 Å². The van der Waals surface area contributed by atoms with E-state index < -0.39 is 0 Å². The van der Waals surface area contributed by atoms with E-state index in [1.54, 1.807) is 24.5 Å². The SMILES string of the molecule is C=CCc1cccc(/C=N/Nc2nc(SCc3ccncc3)n[nH]2)c1O. The number of hydrogen-bond donors (Lipinski definition) is 3.